The number of fused-ring (bicyclic) bond motifs is 1. The lowest BCUT2D eigenvalue weighted by molar-refractivity contribution is -0.142. The first-order valence-electron chi connectivity index (χ1n) is 9.37. The number of likely N-dealkylation sites (tertiary alicyclic amines) is 1. The largest absolute Gasteiger partial charge is 0.485 e. The number of nitrogens with zero attached hydrogens (tertiary/aromatic N) is 2. The van der Waals surface area contributed by atoms with Gasteiger partial charge in [-0.2, -0.15) is 0 Å². The number of hydrogen-bond donors (Lipinski definition) is 0. The number of rotatable bonds is 2. The lowest BCUT2D eigenvalue weighted by atomic mass is 10.0. The summed E-state index contributed by atoms with van der Waals surface area (Å²) < 4.78 is 16.9. The molecule has 1 atom stereocenters. The molecule has 0 unspecified atom stereocenters. The molecule has 1 fully saturated rings. The van der Waals surface area contributed by atoms with Gasteiger partial charge in [-0.15, -0.1) is 0 Å². The molecule has 2 heterocycles. The highest BCUT2D eigenvalue weighted by molar-refractivity contribution is 5.82. The van der Waals surface area contributed by atoms with Crippen molar-refractivity contribution in [3.63, 3.8) is 0 Å². The van der Waals surface area contributed by atoms with E-state index in [9.17, 15) is 9.59 Å². The maximum Gasteiger partial charge on any atom is 0.410 e. The summed E-state index contributed by atoms with van der Waals surface area (Å²) in [6, 6.07) is 7.42. The van der Waals surface area contributed by atoms with Crippen LogP contribution < -0.4 is 9.47 Å². The Bertz CT molecular complexity index is 692. The van der Waals surface area contributed by atoms with E-state index in [4.69, 9.17) is 14.2 Å². The zero-order chi connectivity index (χ0) is 19.6. The molecule has 1 aromatic carbocycles. The number of ether oxygens (including phenoxy) is 3. The summed E-state index contributed by atoms with van der Waals surface area (Å²) in [5.41, 5.74) is -0.517. The molecule has 7 heteroatoms. The molecule has 0 spiro atoms. The molecule has 2 amide bonds. The van der Waals surface area contributed by atoms with E-state index in [1.165, 1.54) is 0 Å². The molecule has 0 radical (unpaired) electrons. The highest BCUT2D eigenvalue weighted by Gasteiger charge is 2.35. The van der Waals surface area contributed by atoms with Crippen molar-refractivity contribution in [1.29, 1.82) is 0 Å². The third kappa shape index (κ3) is 4.64. The van der Waals surface area contributed by atoms with E-state index in [1.807, 2.05) is 39.0 Å². The average molecular weight is 376 g/mol. The van der Waals surface area contributed by atoms with Crippen LogP contribution in [0.2, 0.25) is 0 Å². The van der Waals surface area contributed by atoms with Gasteiger partial charge in [0.1, 0.15) is 12.2 Å². The minimum atomic E-state index is -0.625. The van der Waals surface area contributed by atoms with Gasteiger partial charge in [-0.25, -0.2) is 4.79 Å². The predicted molar refractivity (Wildman–Crippen MR) is 100.0 cm³/mol. The Morgan fingerprint density at radius 2 is 1.78 bits per heavy atom. The second kappa shape index (κ2) is 7.66. The zero-order valence-electron chi connectivity index (χ0n) is 16.4. The third-order valence-electron chi connectivity index (χ3n) is 4.79. The van der Waals surface area contributed by atoms with Crippen molar-refractivity contribution >= 4 is 12.0 Å². The first-order valence-corrected chi connectivity index (χ1v) is 9.37. The van der Waals surface area contributed by atoms with Crippen molar-refractivity contribution in [1.82, 2.24) is 9.80 Å². The summed E-state index contributed by atoms with van der Waals surface area (Å²) in [6.07, 6.45) is 0.477. The van der Waals surface area contributed by atoms with Crippen LogP contribution in [0.5, 0.6) is 11.5 Å². The van der Waals surface area contributed by atoms with Crippen LogP contribution >= 0.6 is 0 Å². The Morgan fingerprint density at radius 3 is 2.41 bits per heavy atom. The van der Waals surface area contributed by atoms with Crippen molar-refractivity contribution in [2.24, 2.45) is 0 Å². The Hall–Kier alpha value is -2.44. The molecule has 7 nitrogen and oxygen atoms in total. The minimum absolute atomic E-state index is 0.0631. The molecule has 1 saturated heterocycles. The van der Waals surface area contributed by atoms with E-state index >= 15 is 0 Å². The molecule has 2 aliphatic rings. The van der Waals surface area contributed by atoms with Crippen molar-refractivity contribution in [3.05, 3.63) is 24.3 Å². The quantitative estimate of drug-likeness (QED) is 0.794. The van der Waals surface area contributed by atoms with Gasteiger partial charge in [0.2, 0.25) is 6.10 Å². The molecule has 0 saturated carbocycles. The molecule has 0 bridgehead atoms. The molecule has 0 N–H and O–H groups in total. The lowest BCUT2D eigenvalue weighted by Gasteiger charge is -2.38. The minimum Gasteiger partial charge on any atom is -0.485 e. The summed E-state index contributed by atoms with van der Waals surface area (Å²) in [5.74, 6) is 1.20. The topological polar surface area (TPSA) is 68.3 Å². The number of amides is 2. The van der Waals surface area contributed by atoms with Gasteiger partial charge in [-0.3, -0.25) is 4.79 Å². The molecule has 148 valence electrons. The van der Waals surface area contributed by atoms with Gasteiger partial charge in [0.25, 0.3) is 5.91 Å². The van der Waals surface area contributed by atoms with Crippen molar-refractivity contribution in [2.75, 3.05) is 26.7 Å². The van der Waals surface area contributed by atoms with Crippen molar-refractivity contribution in [2.45, 2.75) is 51.4 Å². The fourth-order valence-electron chi connectivity index (χ4n) is 3.30. The number of carbonyl (C=O) groups is 2. The van der Waals surface area contributed by atoms with E-state index in [0.29, 0.717) is 37.4 Å². The third-order valence-corrected chi connectivity index (χ3v) is 4.79. The zero-order valence-corrected chi connectivity index (χ0v) is 16.4. The van der Waals surface area contributed by atoms with E-state index in [-0.39, 0.29) is 24.6 Å². The summed E-state index contributed by atoms with van der Waals surface area (Å²) in [5, 5.41) is 0. The van der Waals surface area contributed by atoms with Crippen LogP contribution in [-0.2, 0) is 9.53 Å². The summed E-state index contributed by atoms with van der Waals surface area (Å²) in [7, 11) is 1.76. The van der Waals surface area contributed by atoms with Crippen LogP contribution in [0.3, 0.4) is 0 Å². The first-order chi connectivity index (χ1) is 12.7. The van der Waals surface area contributed by atoms with Gasteiger partial charge >= 0.3 is 6.09 Å². The maximum absolute atomic E-state index is 12.8. The van der Waals surface area contributed by atoms with Crippen molar-refractivity contribution < 1.29 is 23.8 Å². The lowest BCUT2D eigenvalue weighted by Crippen LogP contribution is -2.52. The van der Waals surface area contributed by atoms with Gasteiger partial charge in [-0.05, 0) is 45.7 Å². The van der Waals surface area contributed by atoms with Gasteiger partial charge < -0.3 is 24.0 Å². The molecule has 27 heavy (non-hydrogen) atoms. The molecule has 0 aliphatic carbocycles. The fourth-order valence-corrected chi connectivity index (χ4v) is 3.30. The van der Waals surface area contributed by atoms with Crippen molar-refractivity contribution in [3.8, 4) is 11.5 Å². The summed E-state index contributed by atoms with van der Waals surface area (Å²) in [4.78, 5) is 28.4. The number of benzene rings is 1. The fraction of sp³-hybridized carbons (Fsp3) is 0.600. The number of piperidine rings is 1. The van der Waals surface area contributed by atoms with Crippen LogP contribution in [0.1, 0.15) is 33.6 Å². The van der Waals surface area contributed by atoms with Gasteiger partial charge in [0.05, 0.1) is 0 Å². The Labute approximate surface area is 160 Å². The molecule has 2 aliphatic heterocycles. The molecule has 0 aromatic heterocycles. The first kappa shape index (κ1) is 19.3. The van der Waals surface area contributed by atoms with Crippen LogP contribution in [0.15, 0.2) is 24.3 Å². The monoisotopic (exact) mass is 376 g/mol. The maximum atomic E-state index is 12.8. The Morgan fingerprint density at radius 1 is 1.15 bits per heavy atom. The Balaban J connectivity index is 1.52. The van der Waals surface area contributed by atoms with Crippen LogP contribution in [-0.4, -0.2) is 66.3 Å². The van der Waals surface area contributed by atoms with Gasteiger partial charge in [0, 0.05) is 26.2 Å². The molecular weight excluding hydrogens is 348 g/mol. The summed E-state index contributed by atoms with van der Waals surface area (Å²) >= 11 is 0. The predicted octanol–water partition coefficient (Wildman–Crippen LogP) is 2.68. The molecular formula is C20H28N2O5. The van der Waals surface area contributed by atoms with Gasteiger partial charge in [0.15, 0.2) is 11.5 Å². The van der Waals surface area contributed by atoms with E-state index in [2.05, 4.69) is 0 Å². The standard InChI is InChI=1S/C20H28N2O5/c1-20(2,3)27-19(24)21(4)14-9-11-22(12-10-14)18(23)17-13-25-15-7-5-6-8-16(15)26-17/h5-8,14,17H,9-13H2,1-4H3/t17-/m0/s1. The van der Waals surface area contributed by atoms with E-state index in [1.54, 1.807) is 22.9 Å². The number of para-hydroxylation sites is 2. The highest BCUT2D eigenvalue weighted by Crippen LogP contribution is 2.31. The van der Waals surface area contributed by atoms with E-state index < -0.39 is 11.7 Å². The van der Waals surface area contributed by atoms with Crippen LogP contribution in [0.4, 0.5) is 4.79 Å². The van der Waals surface area contributed by atoms with Gasteiger partial charge in [-0.1, -0.05) is 12.1 Å². The van der Waals surface area contributed by atoms with Crippen LogP contribution in [0.25, 0.3) is 0 Å². The van der Waals surface area contributed by atoms with Crippen LogP contribution in [0, 0.1) is 0 Å². The summed E-state index contributed by atoms with van der Waals surface area (Å²) in [6.45, 7) is 6.93. The second-order valence-corrected chi connectivity index (χ2v) is 8.01. The normalized spacial score (nSPS) is 20.1. The Kier molecular flexibility index (Phi) is 5.48. The smallest absolute Gasteiger partial charge is 0.410 e. The molecule has 1 aromatic rings. The molecule has 3 rings (SSSR count). The number of carbonyl (C=O) groups excluding carboxylic acids is 2. The SMILES string of the molecule is CN(C(=O)OC(C)(C)C)C1CCN(C(=O)[C@@H]2COc3ccccc3O2)CC1. The second-order valence-electron chi connectivity index (χ2n) is 8.01. The highest BCUT2D eigenvalue weighted by atomic mass is 16.6. The number of hydrogen-bond acceptors (Lipinski definition) is 5. The average Bonchev–Trinajstić information content (AvgIpc) is 2.65. The van der Waals surface area contributed by atoms with E-state index in [0.717, 1.165) is 0 Å².